The van der Waals surface area contributed by atoms with Gasteiger partial charge in [0.2, 0.25) is 11.8 Å². The van der Waals surface area contributed by atoms with Crippen molar-refractivity contribution in [2.45, 2.75) is 46.5 Å². The summed E-state index contributed by atoms with van der Waals surface area (Å²) in [6, 6.07) is 40.6. The van der Waals surface area contributed by atoms with Gasteiger partial charge in [-0.05, 0) is 143 Å². The largest absolute Gasteiger partial charge is 0.502 e. The fraction of sp³-hybridized carbons (Fsp3) is 0.215. The highest BCUT2D eigenvalue weighted by Gasteiger charge is 2.37. The molecule has 145 heavy (non-hydrogen) atoms. The van der Waals surface area contributed by atoms with Gasteiger partial charge in [-0.15, -0.1) is 0 Å². The molecule has 0 atom stereocenters. The van der Waals surface area contributed by atoms with Gasteiger partial charge in [0.05, 0.1) is 110 Å². The third-order valence-corrected chi connectivity index (χ3v) is 19.7. The van der Waals surface area contributed by atoms with E-state index in [9.17, 15) is 76.7 Å². The first kappa shape index (κ1) is 113. The number of hydrogen-bond acceptors (Lipinski definition) is 30. The average molecular weight is 1990 g/mol. The zero-order chi connectivity index (χ0) is 106. The van der Waals surface area contributed by atoms with Crippen molar-refractivity contribution < 1.29 is 143 Å². The van der Waals surface area contributed by atoms with E-state index < -0.39 is 0 Å². The lowest BCUT2D eigenvalue weighted by atomic mass is 10.2. The van der Waals surface area contributed by atoms with Gasteiger partial charge in [0.1, 0.15) is 114 Å². The second-order valence-electron chi connectivity index (χ2n) is 29.8. The molecule has 38 heteroatoms. The van der Waals surface area contributed by atoms with Crippen LogP contribution in [0.2, 0.25) is 0 Å². The highest BCUT2D eigenvalue weighted by Crippen LogP contribution is 2.33. The summed E-state index contributed by atoms with van der Waals surface area (Å²) in [6.45, 7) is 45.8. The summed E-state index contributed by atoms with van der Waals surface area (Å²) in [4.78, 5) is 194. The molecule has 2 fully saturated rings. The molecule has 0 N–H and O–H groups in total. The number of amides is 16. The van der Waals surface area contributed by atoms with Gasteiger partial charge in [-0.1, -0.05) is 84.0 Å². The maximum atomic E-state index is 11.9. The topological polar surface area (TPSA) is 428 Å². The number of anilines is 6. The van der Waals surface area contributed by atoms with Gasteiger partial charge in [-0.2, -0.15) is 0 Å². The lowest BCUT2D eigenvalue weighted by molar-refractivity contribution is -0.138. The van der Waals surface area contributed by atoms with E-state index >= 15 is 0 Å². The van der Waals surface area contributed by atoms with Gasteiger partial charge in [0.15, 0.2) is 0 Å². The van der Waals surface area contributed by atoms with Crippen molar-refractivity contribution in [2.24, 2.45) is 0 Å². The van der Waals surface area contributed by atoms with Crippen molar-refractivity contribution in [1.82, 2.24) is 9.80 Å². The van der Waals surface area contributed by atoms with E-state index in [4.69, 9.17) is 66.3 Å². The Morgan fingerprint density at radius 3 is 0.779 bits per heavy atom. The van der Waals surface area contributed by atoms with E-state index in [1.807, 2.05) is 0 Å². The number of nitrogens with zero attached hydrogens (tertiary/aromatic N) is 8. The SMILES string of the molecule is C=COCCCN1C(=O)C=C(C)C1=O.C=COCCCN1C(=O)C=CC1=O.C=COCCOc1ccc(N2C(=O)C=C(C)C2=O)cc1.C=COCCOc1ccc(N2C(=O)C=CC2=O)cc1.C=COCCOc1ccc(N2C(=O)CC(=C)C2=O)cc1.C=COCCOc1cccc(N2C(=O)C=C(C)C2=O)c1.C=COCCOc1cccc(N2C(=O)C=CC2=O)c1.C=COCCOc1cccc(N2C(=O)CC(=C)C2=O)c1. The minimum atomic E-state index is -0.359. The Kier molecular flexibility index (Phi) is 47.2. The molecule has 0 radical (unpaired) electrons. The van der Waals surface area contributed by atoms with Crippen LogP contribution < -0.4 is 57.8 Å². The number of carbonyl (C=O) groups is 16. The predicted octanol–water partition coefficient (Wildman–Crippen LogP) is 12.8. The van der Waals surface area contributed by atoms with Crippen LogP contribution in [-0.2, 0) is 115 Å². The number of rotatable bonds is 46. The molecule has 38 nitrogen and oxygen atoms in total. The molecule has 6 aromatic rings. The number of benzene rings is 6. The van der Waals surface area contributed by atoms with Gasteiger partial charge in [-0.3, -0.25) is 86.5 Å². The summed E-state index contributed by atoms with van der Waals surface area (Å²) >= 11 is 0. The zero-order valence-corrected chi connectivity index (χ0v) is 80.2. The van der Waals surface area contributed by atoms with Crippen LogP contribution in [-0.4, -0.2) is 210 Å². The molecule has 758 valence electrons. The standard InChI is InChI=1S/4C15H15NO4.2C14H13NO4.C10H13NO3.C9H11NO3/c2*1-3-19-8-9-20-13-6-4-12(5-7-13)16-14(17)10-11(2)15(16)18;2*1-3-19-7-8-20-13-6-4-5-12(10-13)16-14(17)9-11(2)15(16)18;1-2-18-9-10-19-12-5-3-11(4-6-12)15-13(16)7-8-14(15)17;1-2-18-8-9-19-12-5-3-4-11(10-12)15-13(16)6-7-14(15)17;1-3-14-6-4-5-11-9(12)7-8(2)10(11)13;1-2-13-7-3-6-10-8(11)4-5-9(10)12/h3-7,10H,1,8-9H2,2H3;3-7H,1-2,8-10H2;3-6,9-10H,1,7-8H2,2H3;3-6,10H,1-2,7-9H2;2-8H,1,9-10H2;2-7,10H,1,8-9H2;3,7H,1,4-6H2,2H3;2,4-5H,1,3,6-7H2. The Bertz CT molecular complexity index is 5930. The summed E-state index contributed by atoms with van der Waals surface area (Å²) in [7, 11) is 0. The van der Waals surface area contributed by atoms with Crippen molar-refractivity contribution >= 4 is 129 Å². The number of hydrogen-bond donors (Lipinski definition) is 0. The maximum absolute atomic E-state index is 11.9. The molecule has 0 aromatic heterocycles. The molecule has 16 amide bonds. The van der Waals surface area contributed by atoms with Gasteiger partial charge < -0.3 is 66.3 Å². The van der Waals surface area contributed by atoms with Crippen molar-refractivity contribution in [1.29, 1.82) is 0 Å². The molecule has 8 heterocycles. The zero-order valence-electron chi connectivity index (χ0n) is 80.2. The Labute approximate surface area is 837 Å². The number of imide groups is 8. The van der Waals surface area contributed by atoms with Crippen LogP contribution in [0.5, 0.6) is 34.5 Å². The third kappa shape index (κ3) is 35.4. The fourth-order valence-electron chi connectivity index (χ4n) is 13.0. The van der Waals surface area contributed by atoms with Crippen LogP contribution in [0, 0.1) is 0 Å². The molecule has 0 spiro atoms. The Morgan fingerprint density at radius 1 is 0.241 bits per heavy atom. The van der Waals surface area contributed by atoms with Gasteiger partial charge in [-0.25, -0.2) is 29.4 Å². The quantitative estimate of drug-likeness (QED) is 0.0148. The first-order valence-corrected chi connectivity index (χ1v) is 44.5. The maximum Gasteiger partial charge on any atom is 0.261 e. The van der Waals surface area contributed by atoms with E-state index in [-0.39, 0.29) is 107 Å². The van der Waals surface area contributed by atoms with Crippen LogP contribution >= 0.6 is 0 Å². The van der Waals surface area contributed by atoms with Crippen molar-refractivity contribution in [3.05, 3.63) is 344 Å². The summed E-state index contributed by atoms with van der Waals surface area (Å²) in [5.41, 5.74) is 5.04. The van der Waals surface area contributed by atoms with Crippen LogP contribution in [0.25, 0.3) is 0 Å². The molecular weight excluding hydrogens is 1880 g/mol. The number of carbonyl (C=O) groups excluding carboxylic acids is 16. The molecule has 14 rings (SSSR count). The Hall–Kier alpha value is -18.5. The average Bonchev–Trinajstić information content (AvgIpc) is 1.65. The van der Waals surface area contributed by atoms with Gasteiger partial charge >= 0.3 is 0 Å². The minimum absolute atomic E-state index is 0.0666. The molecule has 2 saturated heterocycles. The normalized spacial score (nSPS) is 14.5. The molecule has 0 unspecified atom stereocenters. The van der Waals surface area contributed by atoms with Crippen molar-refractivity contribution in [2.75, 3.05) is 135 Å². The summed E-state index contributed by atoms with van der Waals surface area (Å²) < 4.78 is 72.0. The highest BCUT2D eigenvalue weighted by molar-refractivity contribution is 6.33. The summed E-state index contributed by atoms with van der Waals surface area (Å²) in [6.07, 6.45) is 23.7. The molecule has 0 bridgehead atoms. The van der Waals surface area contributed by atoms with Crippen molar-refractivity contribution in [3.63, 3.8) is 0 Å². The van der Waals surface area contributed by atoms with Gasteiger partial charge in [0.25, 0.3) is 82.7 Å². The van der Waals surface area contributed by atoms with E-state index in [1.165, 1.54) is 115 Å². The molecule has 0 saturated carbocycles. The minimum Gasteiger partial charge on any atom is -0.502 e. The Balaban J connectivity index is 0.000000226. The number of ether oxygens (including phenoxy) is 14. The smallest absolute Gasteiger partial charge is 0.261 e. The molecule has 8 aliphatic rings. The van der Waals surface area contributed by atoms with Crippen LogP contribution in [0.4, 0.5) is 34.1 Å². The molecular formula is C107H110N8O30. The van der Waals surface area contributed by atoms with E-state index in [0.29, 0.717) is 215 Å². The molecule has 8 aliphatic heterocycles. The summed E-state index contributed by atoms with van der Waals surface area (Å²) in [5.74, 6) is -1.15. The van der Waals surface area contributed by atoms with Gasteiger partial charge in [0, 0.05) is 114 Å². The van der Waals surface area contributed by atoms with E-state index in [2.05, 4.69) is 65.8 Å². The second-order valence-corrected chi connectivity index (χ2v) is 29.8. The monoisotopic (exact) mass is 1990 g/mol. The highest BCUT2D eigenvalue weighted by atomic mass is 16.5. The first-order chi connectivity index (χ1) is 69.9. The second kappa shape index (κ2) is 60.4. The predicted molar refractivity (Wildman–Crippen MR) is 535 cm³/mol. The molecule has 6 aromatic carbocycles. The van der Waals surface area contributed by atoms with E-state index in [0.717, 1.165) is 29.4 Å². The molecule has 0 aliphatic carbocycles. The first-order valence-electron chi connectivity index (χ1n) is 44.5. The lowest BCUT2D eigenvalue weighted by Crippen LogP contribution is -2.32. The Morgan fingerprint density at radius 2 is 0.490 bits per heavy atom. The van der Waals surface area contributed by atoms with Crippen LogP contribution in [0.3, 0.4) is 0 Å². The third-order valence-electron chi connectivity index (χ3n) is 19.7. The van der Waals surface area contributed by atoms with Crippen LogP contribution in [0.15, 0.2) is 344 Å². The lowest BCUT2D eigenvalue weighted by Gasteiger charge is -2.15. The van der Waals surface area contributed by atoms with E-state index in [1.54, 1.807) is 166 Å². The summed E-state index contributed by atoms with van der Waals surface area (Å²) in [5, 5.41) is 0. The fourth-order valence-corrected chi connectivity index (χ4v) is 13.0. The van der Waals surface area contributed by atoms with Crippen LogP contribution in [0.1, 0.15) is 46.5 Å². The van der Waals surface area contributed by atoms with Crippen molar-refractivity contribution in [3.8, 4) is 34.5 Å².